The standard InChI is InChI=1S/C12H20O5/c13-11(14)2-1-10-8-16-12(17-10)7-9-3-5-15-6-4-9/h9-10,12H,1-8H2,(H,13,14). The van der Waals surface area contributed by atoms with Crippen molar-refractivity contribution in [1.82, 2.24) is 0 Å². The van der Waals surface area contributed by atoms with Crippen molar-refractivity contribution in [2.45, 2.75) is 44.5 Å². The topological polar surface area (TPSA) is 65.0 Å². The molecule has 1 N–H and O–H groups in total. The van der Waals surface area contributed by atoms with Crippen molar-refractivity contribution in [3.8, 4) is 0 Å². The number of carboxylic acids is 1. The van der Waals surface area contributed by atoms with Gasteiger partial charge in [0.15, 0.2) is 6.29 Å². The largest absolute Gasteiger partial charge is 0.481 e. The Bertz CT molecular complexity index is 249. The van der Waals surface area contributed by atoms with Crippen LogP contribution in [0.4, 0.5) is 0 Å². The molecule has 0 bridgehead atoms. The van der Waals surface area contributed by atoms with Crippen LogP contribution in [0.15, 0.2) is 0 Å². The molecule has 2 aliphatic heterocycles. The molecule has 0 aromatic heterocycles. The average Bonchev–Trinajstić information content (AvgIpc) is 2.75. The molecule has 5 heteroatoms. The zero-order valence-electron chi connectivity index (χ0n) is 9.97. The lowest BCUT2D eigenvalue weighted by molar-refractivity contribution is -0.138. The summed E-state index contributed by atoms with van der Waals surface area (Å²) in [6.45, 7) is 2.20. The maximum Gasteiger partial charge on any atom is 0.303 e. The van der Waals surface area contributed by atoms with E-state index in [1.54, 1.807) is 0 Å². The van der Waals surface area contributed by atoms with Gasteiger partial charge in [-0.05, 0) is 25.2 Å². The Morgan fingerprint density at radius 3 is 2.76 bits per heavy atom. The van der Waals surface area contributed by atoms with E-state index in [0.717, 1.165) is 32.5 Å². The summed E-state index contributed by atoms with van der Waals surface area (Å²) in [5.74, 6) is -0.159. The number of hydrogen-bond acceptors (Lipinski definition) is 4. The normalized spacial score (nSPS) is 30.6. The second kappa shape index (κ2) is 6.33. The molecule has 2 heterocycles. The van der Waals surface area contributed by atoms with E-state index in [1.165, 1.54) is 0 Å². The minimum Gasteiger partial charge on any atom is -0.481 e. The maximum absolute atomic E-state index is 10.4. The zero-order chi connectivity index (χ0) is 12.1. The maximum atomic E-state index is 10.4. The van der Waals surface area contributed by atoms with Crippen LogP contribution in [0.3, 0.4) is 0 Å². The van der Waals surface area contributed by atoms with Gasteiger partial charge in [0.1, 0.15) is 0 Å². The molecule has 2 fully saturated rings. The van der Waals surface area contributed by atoms with Crippen LogP contribution in [0.1, 0.15) is 32.1 Å². The molecule has 17 heavy (non-hydrogen) atoms. The van der Waals surface area contributed by atoms with Crippen molar-refractivity contribution in [2.24, 2.45) is 5.92 Å². The van der Waals surface area contributed by atoms with Gasteiger partial charge in [0, 0.05) is 26.1 Å². The van der Waals surface area contributed by atoms with Crippen molar-refractivity contribution in [3.05, 3.63) is 0 Å². The van der Waals surface area contributed by atoms with Gasteiger partial charge in [-0.3, -0.25) is 4.79 Å². The summed E-state index contributed by atoms with van der Waals surface area (Å²) in [4.78, 5) is 10.4. The zero-order valence-corrected chi connectivity index (χ0v) is 9.97. The summed E-state index contributed by atoms with van der Waals surface area (Å²) >= 11 is 0. The molecule has 0 aromatic carbocycles. The Hall–Kier alpha value is -0.650. The van der Waals surface area contributed by atoms with Gasteiger partial charge in [0.05, 0.1) is 12.7 Å². The van der Waals surface area contributed by atoms with Crippen LogP contribution in [-0.4, -0.2) is 43.3 Å². The fourth-order valence-corrected chi connectivity index (χ4v) is 2.32. The molecule has 5 nitrogen and oxygen atoms in total. The Morgan fingerprint density at radius 1 is 1.29 bits per heavy atom. The highest BCUT2D eigenvalue weighted by Gasteiger charge is 2.29. The predicted molar refractivity (Wildman–Crippen MR) is 59.6 cm³/mol. The minimum atomic E-state index is -0.776. The first-order chi connectivity index (χ1) is 8.24. The van der Waals surface area contributed by atoms with E-state index < -0.39 is 5.97 Å². The summed E-state index contributed by atoms with van der Waals surface area (Å²) in [5, 5.41) is 8.59. The van der Waals surface area contributed by atoms with Crippen molar-refractivity contribution < 1.29 is 24.1 Å². The molecule has 0 saturated carbocycles. The third kappa shape index (κ3) is 4.26. The Morgan fingerprint density at radius 2 is 2.06 bits per heavy atom. The Kier molecular flexibility index (Phi) is 4.76. The summed E-state index contributed by atoms with van der Waals surface area (Å²) < 4.78 is 16.5. The molecular weight excluding hydrogens is 224 g/mol. The number of carbonyl (C=O) groups is 1. The molecule has 2 atom stereocenters. The van der Waals surface area contributed by atoms with E-state index in [2.05, 4.69) is 0 Å². The molecule has 2 unspecified atom stereocenters. The van der Waals surface area contributed by atoms with Gasteiger partial charge in [-0.2, -0.15) is 0 Å². The predicted octanol–water partition coefficient (Wildman–Crippen LogP) is 1.41. The second-order valence-corrected chi connectivity index (χ2v) is 4.74. The number of carboxylic acid groups (broad SMARTS) is 1. The van der Waals surface area contributed by atoms with Gasteiger partial charge in [-0.1, -0.05) is 0 Å². The lowest BCUT2D eigenvalue weighted by Crippen LogP contribution is -2.22. The van der Waals surface area contributed by atoms with Crippen molar-refractivity contribution in [2.75, 3.05) is 19.8 Å². The van der Waals surface area contributed by atoms with Gasteiger partial charge in [-0.15, -0.1) is 0 Å². The highest BCUT2D eigenvalue weighted by molar-refractivity contribution is 5.66. The molecule has 0 spiro atoms. The van der Waals surface area contributed by atoms with Crippen LogP contribution < -0.4 is 0 Å². The second-order valence-electron chi connectivity index (χ2n) is 4.74. The third-order valence-electron chi connectivity index (χ3n) is 3.36. The molecule has 0 radical (unpaired) electrons. The molecule has 98 valence electrons. The fourth-order valence-electron chi connectivity index (χ4n) is 2.32. The van der Waals surface area contributed by atoms with E-state index in [1.807, 2.05) is 0 Å². The van der Waals surface area contributed by atoms with E-state index in [9.17, 15) is 4.79 Å². The number of hydrogen-bond donors (Lipinski definition) is 1. The quantitative estimate of drug-likeness (QED) is 0.792. The Balaban J connectivity index is 1.64. The monoisotopic (exact) mass is 244 g/mol. The van der Waals surface area contributed by atoms with Crippen molar-refractivity contribution in [3.63, 3.8) is 0 Å². The van der Waals surface area contributed by atoms with Gasteiger partial charge < -0.3 is 19.3 Å². The van der Waals surface area contributed by atoms with Gasteiger partial charge in [0.2, 0.25) is 0 Å². The molecule has 0 aliphatic carbocycles. The smallest absolute Gasteiger partial charge is 0.303 e. The lowest BCUT2D eigenvalue weighted by atomic mass is 9.96. The third-order valence-corrected chi connectivity index (χ3v) is 3.36. The summed E-state index contributed by atoms with van der Waals surface area (Å²) in [6, 6.07) is 0. The van der Waals surface area contributed by atoms with Crippen molar-refractivity contribution >= 4 is 5.97 Å². The van der Waals surface area contributed by atoms with Gasteiger partial charge >= 0.3 is 5.97 Å². The molecule has 2 saturated heterocycles. The number of aliphatic carboxylic acids is 1. The summed E-state index contributed by atoms with van der Waals surface area (Å²) in [5.41, 5.74) is 0. The number of rotatable bonds is 5. The molecule has 2 aliphatic rings. The fraction of sp³-hybridized carbons (Fsp3) is 0.917. The summed E-state index contributed by atoms with van der Waals surface area (Å²) in [7, 11) is 0. The van der Waals surface area contributed by atoms with Crippen LogP contribution in [0.2, 0.25) is 0 Å². The summed E-state index contributed by atoms with van der Waals surface area (Å²) in [6.07, 6.45) is 3.56. The highest BCUT2D eigenvalue weighted by atomic mass is 16.7. The average molecular weight is 244 g/mol. The first-order valence-electron chi connectivity index (χ1n) is 6.30. The lowest BCUT2D eigenvalue weighted by Gasteiger charge is -2.24. The SMILES string of the molecule is O=C(O)CCC1COC(CC2CCOCC2)O1. The van der Waals surface area contributed by atoms with Crippen LogP contribution in [0, 0.1) is 5.92 Å². The van der Waals surface area contributed by atoms with E-state index in [-0.39, 0.29) is 18.8 Å². The van der Waals surface area contributed by atoms with Crippen LogP contribution in [0.25, 0.3) is 0 Å². The van der Waals surface area contributed by atoms with E-state index in [4.69, 9.17) is 19.3 Å². The van der Waals surface area contributed by atoms with Gasteiger partial charge in [0.25, 0.3) is 0 Å². The Labute approximate surface area is 101 Å². The minimum absolute atomic E-state index is 0.0454. The van der Waals surface area contributed by atoms with Crippen LogP contribution in [-0.2, 0) is 19.0 Å². The van der Waals surface area contributed by atoms with E-state index >= 15 is 0 Å². The van der Waals surface area contributed by atoms with Crippen LogP contribution >= 0.6 is 0 Å². The highest BCUT2D eigenvalue weighted by Crippen LogP contribution is 2.26. The van der Waals surface area contributed by atoms with Crippen molar-refractivity contribution in [1.29, 1.82) is 0 Å². The van der Waals surface area contributed by atoms with Crippen LogP contribution in [0.5, 0.6) is 0 Å². The number of ether oxygens (including phenoxy) is 3. The molecule has 0 amide bonds. The van der Waals surface area contributed by atoms with E-state index in [0.29, 0.717) is 18.9 Å². The first kappa shape index (κ1) is 12.8. The molecule has 2 rings (SSSR count). The first-order valence-corrected chi connectivity index (χ1v) is 6.30. The molecule has 0 aromatic rings. The molecular formula is C12H20O5. The van der Waals surface area contributed by atoms with Gasteiger partial charge in [-0.25, -0.2) is 0 Å².